The SMILES string of the molecule is COc1cc2ncoc2cc1-c1cn(COCC[Si](C)(C)C)c2nc(Cl)ccc12. The van der Waals surface area contributed by atoms with Crippen LogP contribution in [-0.4, -0.2) is 36.3 Å². The minimum Gasteiger partial charge on any atom is -0.496 e. The molecule has 0 atom stereocenters. The second-order valence-corrected chi connectivity index (χ2v) is 14.2. The van der Waals surface area contributed by atoms with Gasteiger partial charge in [-0.05, 0) is 24.2 Å². The van der Waals surface area contributed by atoms with Crippen LogP contribution in [-0.2, 0) is 11.5 Å². The van der Waals surface area contributed by atoms with Crippen molar-refractivity contribution in [2.24, 2.45) is 0 Å². The lowest BCUT2D eigenvalue weighted by Crippen LogP contribution is -2.22. The van der Waals surface area contributed by atoms with Crippen molar-refractivity contribution >= 4 is 41.8 Å². The van der Waals surface area contributed by atoms with E-state index in [1.807, 2.05) is 29.0 Å². The number of pyridine rings is 1. The van der Waals surface area contributed by atoms with E-state index in [9.17, 15) is 0 Å². The lowest BCUT2D eigenvalue weighted by atomic mass is 10.0. The molecule has 0 aliphatic heterocycles. The number of ether oxygens (including phenoxy) is 2. The second kappa shape index (κ2) is 7.82. The zero-order valence-corrected chi connectivity index (χ0v) is 18.8. The number of nitrogens with zero attached hydrogens (tertiary/aromatic N) is 3. The molecule has 0 spiro atoms. The molecule has 0 saturated carbocycles. The Hall–Kier alpha value is -2.35. The van der Waals surface area contributed by atoms with E-state index in [0.717, 1.165) is 46.1 Å². The second-order valence-electron chi connectivity index (χ2n) is 8.24. The standard InChI is InChI=1S/C21H24ClN3O3Si/c1-26-18-10-17-19(28-12-23-17)9-15(18)16-11-25(13-27-7-8-29(2,3)4)21-14(16)5-6-20(22)24-21/h5-6,9-12H,7-8,13H2,1-4H3. The molecule has 0 aliphatic carbocycles. The van der Waals surface area contributed by atoms with E-state index in [-0.39, 0.29) is 0 Å². The number of methoxy groups -OCH3 is 1. The summed E-state index contributed by atoms with van der Waals surface area (Å²) >= 11 is 6.18. The number of fused-ring (bicyclic) bond motifs is 2. The van der Waals surface area contributed by atoms with Crippen LogP contribution in [0.25, 0.3) is 33.3 Å². The van der Waals surface area contributed by atoms with Crippen LogP contribution in [0.2, 0.25) is 30.8 Å². The van der Waals surface area contributed by atoms with Crippen LogP contribution in [0.3, 0.4) is 0 Å². The van der Waals surface area contributed by atoms with Gasteiger partial charge in [0.15, 0.2) is 12.0 Å². The number of hydrogen-bond donors (Lipinski definition) is 0. The Balaban J connectivity index is 1.75. The van der Waals surface area contributed by atoms with E-state index in [2.05, 4.69) is 29.6 Å². The Morgan fingerprint density at radius 1 is 1.17 bits per heavy atom. The molecule has 152 valence electrons. The molecule has 4 aromatic rings. The highest BCUT2D eigenvalue weighted by Gasteiger charge is 2.18. The minimum absolute atomic E-state index is 0.418. The number of halogens is 1. The molecule has 29 heavy (non-hydrogen) atoms. The van der Waals surface area contributed by atoms with Crippen molar-refractivity contribution in [2.75, 3.05) is 13.7 Å². The lowest BCUT2D eigenvalue weighted by molar-refractivity contribution is 0.0899. The third-order valence-electron chi connectivity index (χ3n) is 4.86. The van der Waals surface area contributed by atoms with Gasteiger partial charge < -0.3 is 18.5 Å². The van der Waals surface area contributed by atoms with Gasteiger partial charge in [-0.1, -0.05) is 31.2 Å². The van der Waals surface area contributed by atoms with Crippen molar-refractivity contribution in [1.29, 1.82) is 0 Å². The summed E-state index contributed by atoms with van der Waals surface area (Å²) in [5, 5.41) is 1.42. The van der Waals surface area contributed by atoms with Crippen LogP contribution in [0, 0.1) is 0 Å². The highest BCUT2D eigenvalue weighted by molar-refractivity contribution is 6.76. The molecule has 6 nitrogen and oxygen atoms in total. The average molecular weight is 430 g/mol. The molecule has 3 heterocycles. The lowest BCUT2D eigenvalue weighted by Gasteiger charge is -2.15. The first kappa shape index (κ1) is 19.9. The Morgan fingerprint density at radius 2 is 2.00 bits per heavy atom. The molecule has 0 amide bonds. The molecule has 0 bridgehead atoms. The molecule has 0 N–H and O–H groups in total. The van der Waals surface area contributed by atoms with Gasteiger partial charge in [-0.3, -0.25) is 0 Å². The zero-order valence-electron chi connectivity index (χ0n) is 17.0. The molecule has 0 fully saturated rings. The van der Waals surface area contributed by atoms with Crippen molar-refractivity contribution in [1.82, 2.24) is 14.5 Å². The average Bonchev–Trinajstić information content (AvgIpc) is 3.27. The highest BCUT2D eigenvalue weighted by atomic mass is 35.5. The molecular weight excluding hydrogens is 406 g/mol. The maximum atomic E-state index is 6.18. The van der Waals surface area contributed by atoms with Crippen molar-refractivity contribution in [3.05, 3.63) is 42.0 Å². The molecule has 4 rings (SSSR count). The summed E-state index contributed by atoms with van der Waals surface area (Å²) in [6.07, 6.45) is 3.47. The number of oxazole rings is 1. The van der Waals surface area contributed by atoms with Gasteiger partial charge in [0.1, 0.15) is 28.8 Å². The van der Waals surface area contributed by atoms with Gasteiger partial charge in [0.2, 0.25) is 0 Å². The largest absolute Gasteiger partial charge is 0.496 e. The summed E-state index contributed by atoms with van der Waals surface area (Å²) in [6, 6.07) is 8.71. The van der Waals surface area contributed by atoms with E-state index in [0.29, 0.717) is 17.5 Å². The third-order valence-corrected chi connectivity index (χ3v) is 6.77. The van der Waals surface area contributed by atoms with E-state index >= 15 is 0 Å². The van der Waals surface area contributed by atoms with Crippen LogP contribution in [0.5, 0.6) is 5.75 Å². The molecule has 0 radical (unpaired) electrons. The van der Waals surface area contributed by atoms with Crippen molar-refractivity contribution in [3.63, 3.8) is 0 Å². The maximum Gasteiger partial charge on any atom is 0.181 e. The van der Waals surface area contributed by atoms with Crippen molar-refractivity contribution < 1.29 is 13.9 Å². The fourth-order valence-electron chi connectivity index (χ4n) is 3.26. The van der Waals surface area contributed by atoms with Crippen LogP contribution in [0.15, 0.2) is 41.3 Å². The molecule has 0 saturated heterocycles. The number of benzene rings is 1. The smallest absolute Gasteiger partial charge is 0.181 e. The number of hydrogen-bond acceptors (Lipinski definition) is 5. The van der Waals surface area contributed by atoms with Crippen molar-refractivity contribution in [2.45, 2.75) is 32.4 Å². The predicted octanol–water partition coefficient (Wildman–Crippen LogP) is 5.82. The normalized spacial score (nSPS) is 12.2. The van der Waals surface area contributed by atoms with E-state index in [1.165, 1.54) is 6.39 Å². The fourth-order valence-corrected chi connectivity index (χ4v) is 4.16. The summed E-state index contributed by atoms with van der Waals surface area (Å²) in [4.78, 5) is 8.75. The molecular formula is C21H24ClN3O3Si. The van der Waals surface area contributed by atoms with Crippen LogP contribution < -0.4 is 4.74 Å². The van der Waals surface area contributed by atoms with E-state index in [1.54, 1.807) is 13.2 Å². The first-order valence-corrected chi connectivity index (χ1v) is 13.6. The monoisotopic (exact) mass is 429 g/mol. The van der Waals surface area contributed by atoms with Crippen LogP contribution in [0.4, 0.5) is 0 Å². The molecule has 0 unspecified atom stereocenters. The first-order chi connectivity index (χ1) is 13.9. The molecule has 8 heteroatoms. The first-order valence-electron chi connectivity index (χ1n) is 9.50. The minimum atomic E-state index is -1.14. The summed E-state index contributed by atoms with van der Waals surface area (Å²) in [5.41, 5.74) is 4.13. The number of aromatic nitrogens is 3. The number of rotatable bonds is 7. The van der Waals surface area contributed by atoms with E-state index in [4.69, 9.17) is 25.5 Å². The topological polar surface area (TPSA) is 62.3 Å². The van der Waals surface area contributed by atoms with Gasteiger partial charge in [-0.2, -0.15) is 0 Å². The highest BCUT2D eigenvalue weighted by Crippen LogP contribution is 2.38. The fraction of sp³-hybridized carbons (Fsp3) is 0.333. The Bertz CT molecular complexity index is 1160. The zero-order chi connectivity index (χ0) is 20.6. The predicted molar refractivity (Wildman–Crippen MR) is 118 cm³/mol. The summed E-state index contributed by atoms with van der Waals surface area (Å²) in [5.74, 6) is 0.722. The molecule has 3 aromatic heterocycles. The molecule has 1 aromatic carbocycles. The van der Waals surface area contributed by atoms with Crippen LogP contribution in [0.1, 0.15) is 0 Å². The summed E-state index contributed by atoms with van der Waals surface area (Å²) in [6.45, 7) is 8.17. The molecule has 0 aliphatic rings. The van der Waals surface area contributed by atoms with Gasteiger partial charge in [-0.25, -0.2) is 9.97 Å². The van der Waals surface area contributed by atoms with Gasteiger partial charge >= 0.3 is 0 Å². The Kier molecular flexibility index (Phi) is 5.37. The van der Waals surface area contributed by atoms with E-state index < -0.39 is 8.07 Å². The summed E-state index contributed by atoms with van der Waals surface area (Å²) in [7, 11) is 0.510. The Labute approximate surface area is 175 Å². The maximum absolute atomic E-state index is 6.18. The van der Waals surface area contributed by atoms with Crippen molar-refractivity contribution in [3.8, 4) is 16.9 Å². The summed E-state index contributed by atoms with van der Waals surface area (Å²) < 4.78 is 19.1. The van der Waals surface area contributed by atoms with Gasteiger partial charge in [0.25, 0.3) is 0 Å². The quantitative estimate of drug-likeness (QED) is 0.210. The van der Waals surface area contributed by atoms with Gasteiger partial charge in [0.05, 0.1) is 7.11 Å². The van der Waals surface area contributed by atoms with Gasteiger partial charge in [0, 0.05) is 43.5 Å². The van der Waals surface area contributed by atoms with Crippen LogP contribution >= 0.6 is 11.6 Å². The van der Waals surface area contributed by atoms with Gasteiger partial charge in [-0.15, -0.1) is 0 Å². The third kappa shape index (κ3) is 4.17. The Morgan fingerprint density at radius 3 is 2.76 bits per heavy atom.